The van der Waals surface area contributed by atoms with E-state index < -0.39 is 4.92 Å². The van der Waals surface area contributed by atoms with Crippen LogP contribution in [0.5, 0.6) is 0 Å². The summed E-state index contributed by atoms with van der Waals surface area (Å²) in [5, 5.41) is 14.2. The number of aromatic nitrogens is 1. The van der Waals surface area contributed by atoms with Gasteiger partial charge in [0.15, 0.2) is 0 Å². The molecule has 7 heteroatoms. The second-order valence-electron chi connectivity index (χ2n) is 7.03. The Bertz CT molecular complexity index is 785. The van der Waals surface area contributed by atoms with Crippen LogP contribution in [-0.4, -0.2) is 47.5 Å². The van der Waals surface area contributed by atoms with Crippen LogP contribution in [0.15, 0.2) is 42.6 Å². The van der Waals surface area contributed by atoms with Crippen molar-refractivity contribution < 1.29 is 4.92 Å². The van der Waals surface area contributed by atoms with Gasteiger partial charge in [-0.15, -0.1) is 0 Å². The van der Waals surface area contributed by atoms with Gasteiger partial charge in [0.25, 0.3) is 0 Å². The summed E-state index contributed by atoms with van der Waals surface area (Å²) in [5.74, 6) is 1.20. The highest BCUT2D eigenvalue weighted by molar-refractivity contribution is 5.68. The average Bonchev–Trinajstić information content (AvgIpc) is 3.47. The first-order chi connectivity index (χ1) is 12.7. The highest BCUT2D eigenvalue weighted by atomic mass is 16.6. The Morgan fingerprint density at radius 1 is 1.15 bits per heavy atom. The Morgan fingerprint density at radius 2 is 1.96 bits per heavy atom. The fraction of sp³-hybridized carbons (Fsp3) is 0.421. The molecule has 0 spiro atoms. The molecule has 4 rings (SSSR count). The molecule has 0 unspecified atom stereocenters. The molecule has 1 saturated heterocycles. The summed E-state index contributed by atoms with van der Waals surface area (Å²) in [4.78, 5) is 19.8. The van der Waals surface area contributed by atoms with E-state index in [0.717, 1.165) is 43.5 Å². The number of hydrogen-bond acceptors (Lipinski definition) is 6. The Balaban J connectivity index is 1.43. The van der Waals surface area contributed by atoms with E-state index in [1.807, 2.05) is 18.2 Å². The minimum Gasteiger partial charge on any atom is -0.369 e. The van der Waals surface area contributed by atoms with Crippen molar-refractivity contribution in [2.75, 3.05) is 42.9 Å². The topological polar surface area (TPSA) is 74.5 Å². The van der Waals surface area contributed by atoms with E-state index in [-0.39, 0.29) is 11.5 Å². The van der Waals surface area contributed by atoms with Crippen molar-refractivity contribution in [2.45, 2.75) is 12.8 Å². The lowest BCUT2D eigenvalue weighted by molar-refractivity contribution is -0.384. The molecule has 0 amide bonds. The van der Waals surface area contributed by atoms with Crippen molar-refractivity contribution in [3.63, 3.8) is 0 Å². The molecule has 26 heavy (non-hydrogen) atoms. The van der Waals surface area contributed by atoms with E-state index in [0.29, 0.717) is 0 Å². The number of piperazine rings is 1. The van der Waals surface area contributed by atoms with E-state index in [2.05, 4.69) is 26.2 Å². The molecule has 1 saturated carbocycles. The van der Waals surface area contributed by atoms with Gasteiger partial charge in [-0.1, -0.05) is 6.07 Å². The molecule has 1 aliphatic carbocycles. The van der Waals surface area contributed by atoms with Gasteiger partial charge < -0.3 is 10.2 Å². The number of rotatable bonds is 6. The van der Waals surface area contributed by atoms with Gasteiger partial charge in [0.05, 0.1) is 4.92 Å². The van der Waals surface area contributed by atoms with Crippen molar-refractivity contribution in [2.24, 2.45) is 5.92 Å². The molecule has 1 N–H and O–H groups in total. The smallest absolute Gasteiger partial charge is 0.311 e. The first-order valence-electron chi connectivity index (χ1n) is 9.13. The fourth-order valence-corrected chi connectivity index (χ4v) is 3.41. The summed E-state index contributed by atoms with van der Waals surface area (Å²) in [5.41, 5.74) is 1.93. The van der Waals surface area contributed by atoms with Gasteiger partial charge in [-0.25, -0.2) is 4.98 Å². The lowest BCUT2D eigenvalue weighted by atomic mass is 10.2. The zero-order chi connectivity index (χ0) is 17.9. The molecule has 1 aromatic carbocycles. The third-order valence-electron chi connectivity index (χ3n) is 5.04. The largest absolute Gasteiger partial charge is 0.369 e. The van der Waals surface area contributed by atoms with Gasteiger partial charge >= 0.3 is 5.69 Å². The fourth-order valence-electron chi connectivity index (χ4n) is 3.41. The molecule has 0 radical (unpaired) electrons. The maximum atomic E-state index is 11.2. The number of nitro groups is 1. The molecule has 2 aliphatic rings. The first kappa shape index (κ1) is 16.8. The zero-order valence-corrected chi connectivity index (χ0v) is 14.7. The van der Waals surface area contributed by atoms with Gasteiger partial charge in [-0.2, -0.15) is 0 Å². The normalized spacial score (nSPS) is 17.9. The lowest BCUT2D eigenvalue weighted by Crippen LogP contribution is -2.47. The predicted octanol–water partition coefficient (Wildman–Crippen LogP) is 3.27. The van der Waals surface area contributed by atoms with Crippen LogP contribution in [0, 0.1) is 16.0 Å². The quantitative estimate of drug-likeness (QED) is 0.635. The number of nitrogens with one attached hydrogen (secondary N) is 1. The van der Waals surface area contributed by atoms with Crippen molar-refractivity contribution in [3.05, 3.63) is 52.7 Å². The first-order valence-corrected chi connectivity index (χ1v) is 9.13. The van der Waals surface area contributed by atoms with Crippen LogP contribution in [0.25, 0.3) is 0 Å². The standard InChI is InChI=1S/C19H23N5O2/c25-24(26)18-5-2-8-20-19(18)21-16-3-1-4-17(13-16)23-11-9-22(10-12-23)14-15-6-7-15/h1-5,8,13,15H,6-7,9-12,14H2,(H,20,21). The molecular weight excluding hydrogens is 330 g/mol. The van der Waals surface area contributed by atoms with E-state index in [1.54, 1.807) is 12.3 Å². The lowest BCUT2D eigenvalue weighted by Gasteiger charge is -2.36. The van der Waals surface area contributed by atoms with Gasteiger partial charge in [-0.3, -0.25) is 15.0 Å². The van der Waals surface area contributed by atoms with Crippen LogP contribution in [-0.2, 0) is 0 Å². The van der Waals surface area contributed by atoms with Gasteiger partial charge in [0.2, 0.25) is 5.82 Å². The zero-order valence-electron chi connectivity index (χ0n) is 14.7. The van der Waals surface area contributed by atoms with Crippen LogP contribution < -0.4 is 10.2 Å². The van der Waals surface area contributed by atoms with Crippen molar-refractivity contribution in [1.82, 2.24) is 9.88 Å². The summed E-state index contributed by atoms with van der Waals surface area (Å²) in [6, 6.07) is 11.0. The molecule has 2 aromatic rings. The third-order valence-corrected chi connectivity index (χ3v) is 5.04. The van der Waals surface area contributed by atoms with Crippen molar-refractivity contribution >= 4 is 22.9 Å². The molecule has 0 atom stereocenters. The maximum absolute atomic E-state index is 11.2. The van der Waals surface area contributed by atoms with Crippen molar-refractivity contribution in [3.8, 4) is 0 Å². The van der Waals surface area contributed by atoms with Gasteiger partial charge in [0, 0.05) is 56.4 Å². The van der Waals surface area contributed by atoms with E-state index >= 15 is 0 Å². The highest BCUT2D eigenvalue weighted by Gasteiger charge is 2.26. The third kappa shape index (κ3) is 3.94. The number of pyridine rings is 1. The number of benzene rings is 1. The summed E-state index contributed by atoms with van der Waals surface area (Å²) >= 11 is 0. The summed E-state index contributed by atoms with van der Waals surface area (Å²) in [6.07, 6.45) is 4.35. The molecule has 0 bridgehead atoms. The molecule has 7 nitrogen and oxygen atoms in total. The van der Waals surface area contributed by atoms with E-state index in [1.165, 1.54) is 25.5 Å². The Labute approximate surface area is 152 Å². The molecule has 136 valence electrons. The highest BCUT2D eigenvalue weighted by Crippen LogP contribution is 2.31. The maximum Gasteiger partial charge on any atom is 0.311 e. The molecule has 2 fully saturated rings. The van der Waals surface area contributed by atoms with Crippen molar-refractivity contribution in [1.29, 1.82) is 0 Å². The second-order valence-corrected chi connectivity index (χ2v) is 7.03. The monoisotopic (exact) mass is 353 g/mol. The number of hydrogen-bond donors (Lipinski definition) is 1. The summed E-state index contributed by atoms with van der Waals surface area (Å²) < 4.78 is 0. The Morgan fingerprint density at radius 3 is 2.69 bits per heavy atom. The Hall–Kier alpha value is -2.67. The van der Waals surface area contributed by atoms with E-state index in [4.69, 9.17) is 0 Å². The van der Waals surface area contributed by atoms with Crippen LogP contribution in [0.2, 0.25) is 0 Å². The SMILES string of the molecule is O=[N+]([O-])c1cccnc1Nc1cccc(N2CCN(CC3CC3)CC2)c1. The Kier molecular flexibility index (Phi) is 4.71. The van der Waals surface area contributed by atoms with Crippen LogP contribution in [0.3, 0.4) is 0 Å². The molecule has 1 aromatic heterocycles. The minimum absolute atomic E-state index is 0.0217. The number of anilines is 3. The van der Waals surface area contributed by atoms with Crippen LogP contribution in [0.4, 0.5) is 22.9 Å². The van der Waals surface area contributed by atoms with Crippen LogP contribution >= 0.6 is 0 Å². The number of nitrogens with zero attached hydrogens (tertiary/aromatic N) is 4. The van der Waals surface area contributed by atoms with E-state index in [9.17, 15) is 10.1 Å². The van der Waals surface area contributed by atoms with Crippen LogP contribution in [0.1, 0.15) is 12.8 Å². The molecular formula is C19H23N5O2. The second kappa shape index (κ2) is 7.29. The summed E-state index contributed by atoms with van der Waals surface area (Å²) in [6.45, 7) is 5.47. The predicted molar refractivity (Wildman–Crippen MR) is 102 cm³/mol. The minimum atomic E-state index is -0.418. The average molecular weight is 353 g/mol. The molecule has 1 aliphatic heterocycles. The van der Waals surface area contributed by atoms with Gasteiger partial charge in [0.1, 0.15) is 0 Å². The molecule has 2 heterocycles. The van der Waals surface area contributed by atoms with Gasteiger partial charge in [-0.05, 0) is 43.0 Å². The summed E-state index contributed by atoms with van der Waals surface area (Å²) in [7, 11) is 0.